The highest BCUT2D eigenvalue weighted by molar-refractivity contribution is 5.49. The summed E-state index contributed by atoms with van der Waals surface area (Å²) in [5.41, 5.74) is 2.56. The van der Waals surface area contributed by atoms with Crippen LogP contribution in [0.2, 0.25) is 0 Å². The van der Waals surface area contributed by atoms with E-state index in [0.717, 1.165) is 19.3 Å². The summed E-state index contributed by atoms with van der Waals surface area (Å²) in [6, 6.07) is 8.91. The Balaban J connectivity index is 2.34. The fourth-order valence-corrected chi connectivity index (χ4v) is 2.34. The monoisotopic (exact) mass is 204 g/mol. The minimum atomic E-state index is 0.184. The Hall–Kier alpha value is -1.35. The minimum Gasteiger partial charge on any atom is -0.352 e. The molecular formula is C12H16N2O. The van der Waals surface area contributed by atoms with Crippen molar-refractivity contribution < 1.29 is 4.79 Å². The molecule has 1 aromatic rings. The van der Waals surface area contributed by atoms with E-state index < -0.39 is 0 Å². The predicted octanol–water partition coefficient (Wildman–Crippen LogP) is 1.53. The summed E-state index contributed by atoms with van der Waals surface area (Å²) in [5, 5.41) is 6.18. The number of carbonyl (C=O) groups is 1. The Kier molecular flexibility index (Phi) is 3.02. The topological polar surface area (TPSA) is 41.1 Å². The largest absolute Gasteiger partial charge is 0.352 e. The van der Waals surface area contributed by atoms with Crippen molar-refractivity contribution in [3.8, 4) is 0 Å². The van der Waals surface area contributed by atoms with E-state index in [4.69, 9.17) is 0 Å². The number of benzene rings is 1. The van der Waals surface area contributed by atoms with Crippen LogP contribution in [0.4, 0.5) is 0 Å². The Labute approximate surface area is 89.9 Å². The minimum absolute atomic E-state index is 0.184. The van der Waals surface area contributed by atoms with Crippen LogP contribution < -0.4 is 10.6 Å². The summed E-state index contributed by atoms with van der Waals surface area (Å²) in [7, 11) is 1.98. The number of rotatable bonds is 3. The van der Waals surface area contributed by atoms with Crippen molar-refractivity contribution in [2.24, 2.45) is 0 Å². The lowest BCUT2D eigenvalue weighted by Crippen LogP contribution is -2.29. The molecular weight excluding hydrogens is 188 g/mol. The Morgan fingerprint density at radius 2 is 1.80 bits per heavy atom. The van der Waals surface area contributed by atoms with Gasteiger partial charge in [-0.3, -0.25) is 4.79 Å². The van der Waals surface area contributed by atoms with E-state index >= 15 is 0 Å². The molecule has 0 radical (unpaired) electrons. The maximum atomic E-state index is 10.5. The van der Waals surface area contributed by atoms with Gasteiger partial charge in [-0.25, -0.2) is 0 Å². The van der Waals surface area contributed by atoms with Crippen molar-refractivity contribution in [3.05, 3.63) is 35.4 Å². The van der Waals surface area contributed by atoms with Crippen molar-refractivity contribution in [1.29, 1.82) is 0 Å². The van der Waals surface area contributed by atoms with E-state index in [-0.39, 0.29) is 6.04 Å². The normalized spacial score (nSPS) is 24.3. The van der Waals surface area contributed by atoms with Gasteiger partial charge in [-0.2, -0.15) is 0 Å². The van der Waals surface area contributed by atoms with Crippen molar-refractivity contribution in [1.82, 2.24) is 10.6 Å². The predicted molar refractivity (Wildman–Crippen MR) is 59.4 cm³/mol. The highest BCUT2D eigenvalue weighted by atomic mass is 16.1. The van der Waals surface area contributed by atoms with Crippen molar-refractivity contribution in [2.45, 2.75) is 24.9 Å². The zero-order chi connectivity index (χ0) is 10.7. The van der Waals surface area contributed by atoms with Gasteiger partial charge in [0.05, 0.1) is 6.04 Å². The molecule has 1 aromatic carbocycles. The number of carbonyl (C=O) groups excluding carboxylic acids is 1. The van der Waals surface area contributed by atoms with Crippen LogP contribution in [0.15, 0.2) is 24.3 Å². The second-order valence-corrected chi connectivity index (χ2v) is 3.88. The molecule has 1 aliphatic carbocycles. The van der Waals surface area contributed by atoms with Gasteiger partial charge in [-0.05, 0) is 31.0 Å². The summed E-state index contributed by atoms with van der Waals surface area (Å²) >= 11 is 0. The van der Waals surface area contributed by atoms with Gasteiger partial charge in [-0.15, -0.1) is 0 Å². The maximum absolute atomic E-state index is 10.5. The summed E-state index contributed by atoms with van der Waals surface area (Å²) in [6.45, 7) is 0. The second-order valence-electron chi connectivity index (χ2n) is 3.88. The third-order valence-corrected chi connectivity index (χ3v) is 3.11. The van der Waals surface area contributed by atoms with Gasteiger partial charge < -0.3 is 10.6 Å². The third kappa shape index (κ3) is 1.88. The lowest BCUT2D eigenvalue weighted by molar-refractivity contribution is -0.110. The molecule has 0 aromatic heterocycles. The molecule has 2 atom stereocenters. The number of fused-ring (bicyclic) bond motifs is 1. The van der Waals surface area contributed by atoms with Crippen LogP contribution in [0, 0.1) is 0 Å². The van der Waals surface area contributed by atoms with Crippen LogP contribution in [0.25, 0.3) is 0 Å². The standard InChI is InChI=1S/C12H16N2O/c1-13-11-6-7-12(14-8-15)10-5-3-2-4-9(10)11/h2-5,8,11-13H,6-7H2,1H3,(H,14,15). The van der Waals surface area contributed by atoms with E-state index in [2.05, 4.69) is 22.8 Å². The molecule has 0 bridgehead atoms. The quantitative estimate of drug-likeness (QED) is 0.733. The van der Waals surface area contributed by atoms with E-state index in [1.165, 1.54) is 11.1 Å². The Morgan fingerprint density at radius 1 is 1.20 bits per heavy atom. The van der Waals surface area contributed by atoms with Gasteiger partial charge in [0, 0.05) is 6.04 Å². The molecule has 0 heterocycles. The molecule has 80 valence electrons. The van der Waals surface area contributed by atoms with Crippen LogP contribution in [-0.4, -0.2) is 13.5 Å². The van der Waals surface area contributed by atoms with Crippen LogP contribution in [0.5, 0.6) is 0 Å². The molecule has 1 aliphatic rings. The fraction of sp³-hybridized carbons (Fsp3) is 0.417. The average Bonchev–Trinajstić information content (AvgIpc) is 2.30. The van der Waals surface area contributed by atoms with E-state index in [1.807, 2.05) is 19.2 Å². The summed E-state index contributed by atoms with van der Waals surface area (Å²) in [6.07, 6.45) is 2.86. The molecule has 3 heteroatoms. The lowest BCUT2D eigenvalue weighted by atomic mass is 9.84. The fourth-order valence-electron chi connectivity index (χ4n) is 2.34. The molecule has 2 N–H and O–H groups in total. The molecule has 2 rings (SSSR count). The third-order valence-electron chi connectivity index (χ3n) is 3.11. The molecule has 0 fully saturated rings. The molecule has 15 heavy (non-hydrogen) atoms. The number of hydrogen-bond donors (Lipinski definition) is 2. The SMILES string of the molecule is CNC1CCC(NC=O)c2ccccc21. The highest BCUT2D eigenvalue weighted by Crippen LogP contribution is 2.35. The molecule has 2 unspecified atom stereocenters. The van der Waals surface area contributed by atoms with E-state index in [1.54, 1.807) is 0 Å². The highest BCUT2D eigenvalue weighted by Gasteiger charge is 2.25. The average molecular weight is 204 g/mol. The first-order valence-corrected chi connectivity index (χ1v) is 5.32. The van der Waals surface area contributed by atoms with Gasteiger partial charge in [0.1, 0.15) is 0 Å². The molecule has 1 amide bonds. The number of hydrogen-bond acceptors (Lipinski definition) is 2. The van der Waals surface area contributed by atoms with Crippen LogP contribution in [0.3, 0.4) is 0 Å². The lowest BCUT2D eigenvalue weighted by Gasteiger charge is -2.31. The number of nitrogens with one attached hydrogen (secondary N) is 2. The molecule has 0 saturated carbocycles. The van der Waals surface area contributed by atoms with Crippen LogP contribution >= 0.6 is 0 Å². The van der Waals surface area contributed by atoms with Crippen molar-refractivity contribution in [2.75, 3.05) is 7.05 Å². The van der Waals surface area contributed by atoms with Gasteiger partial charge >= 0.3 is 0 Å². The van der Waals surface area contributed by atoms with Gasteiger partial charge in [0.15, 0.2) is 0 Å². The summed E-state index contributed by atoms with van der Waals surface area (Å²) in [4.78, 5) is 10.5. The number of amides is 1. The molecule has 0 saturated heterocycles. The molecule has 0 aliphatic heterocycles. The van der Waals surface area contributed by atoms with Crippen molar-refractivity contribution in [3.63, 3.8) is 0 Å². The van der Waals surface area contributed by atoms with E-state index in [0.29, 0.717) is 6.04 Å². The Morgan fingerprint density at radius 3 is 2.40 bits per heavy atom. The first kappa shape index (κ1) is 10.2. The molecule has 3 nitrogen and oxygen atoms in total. The van der Waals surface area contributed by atoms with Gasteiger partial charge in [-0.1, -0.05) is 24.3 Å². The smallest absolute Gasteiger partial charge is 0.207 e. The van der Waals surface area contributed by atoms with Gasteiger partial charge in [0.2, 0.25) is 6.41 Å². The summed E-state index contributed by atoms with van der Waals surface area (Å²) < 4.78 is 0. The van der Waals surface area contributed by atoms with Crippen LogP contribution in [-0.2, 0) is 4.79 Å². The van der Waals surface area contributed by atoms with Gasteiger partial charge in [0.25, 0.3) is 0 Å². The van der Waals surface area contributed by atoms with Crippen LogP contribution in [0.1, 0.15) is 36.1 Å². The zero-order valence-corrected chi connectivity index (χ0v) is 8.86. The first-order valence-electron chi connectivity index (χ1n) is 5.32. The Bertz CT molecular complexity index is 351. The van der Waals surface area contributed by atoms with Crippen molar-refractivity contribution >= 4 is 6.41 Å². The second kappa shape index (κ2) is 4.45. The molecule has 0 spiro atoms. The zero-order valence-electron chi connectivity index (χ0n) is 8.86. The summed E-state index contributed by atoms with van der Waals surface area (Å²) in [5.74, 6) is 0. The maximum Gasteiger partial charge on any atom is 0.207 e. The first-order chi connectivity index (χ1) is 7.36. The van der Waals surface area contributed by atoms with E-state index in [9.17, 15) is 4.79 Å².